The van der Waals surface area contributed by atoms with Gasteiger partial charge in [0.05, 0.1) is 6.04 Å². The first kappa shape index (κ1) is 19.4. The second-order valence-corrected chi connectivity index (χ2v) is 7.27. The quantitative estimate of drug-likeness (QED) is 0.826. The maximum atomic E-state index is 12.2. The molecule has 1 aliphatic heterocycles. The van der Waals surface area contributed by atoms with E-state index in [9.17, 15) is 9.59 Å². The van der Waals surface area contributed by atoms with Crippen LogP contribution in [-0.4, -0.2) is 54.3 Å². The average Bonchev–Trinajstić information content (AvgIpc) is 2.60. The fourth-order valence-electron chi connectivity index (χ4n) is 3.10. The van der Waals surface area contributed by atoms with E-state index in [2.05, 4.69) is 24.1 Å². The zero-order chi connectivity index (χ0) is 18.2. The van der Waals surface area contributed by atoms with Crippen LogP contribution in [0.2, 0.25) is 0 Å². The number of amides is 2. The molecule has 25 heavy (non-hydrogen) atoms. The predicted molar refractivity (Wildman–Crippen MR) is 100 cm³/mol. The van der Waals surface area contributed by atoms with E-state index in [-0.39, 0.29) is 17.9 Å². The van der Waals surface area contributed by atoms with Crippen molar-refractivity contribution < 1.29 is 9.59 Å². The largest absolute Gasteiger partial charge is 0.350 e. The Hall–Kier alpha value is -1.88. The molecule has 2 amide bonds. The summed E-state index contributed by atoms with van der Waals surface area (Å²) in [6, 6.07) is 10.0. The summed E-state index contributed by atoms with van der Waals surface area (Å²) in [7, 11) is 0. The lowest BCUT2D eigenvalue weighted by Gasteiger charge is -2.35. The van der Waals surface area contributed by atoms with Crippen LogP contribution in [0.3, 0.4) is 0 Å². The van der Waals surface area contributed by atoms with Crippen LogP contribution in [0.4, 0.5) is 0 Å². The van der Waals surface area contributed by atoms with Gasteiger partial charge in [0, 0.05) is 45.6 Å². The minimum Gasteiger partial charge on any atom is -0.350 e. The molecule has 1 N–H and O–H groups in total. The number of nitrogens with one attached hydrogen (secondary N) is 1. The first-order valence-electron chi connectivity index (χ1n) is 9.30. The van der Waals surface area contributed by atoms with E-state index in [1.807, 2.05) is 42.2 Å². The molecule has 138 valence electrons. The Balaban J connectivity index is 1.67. The maximum absolute atomic E-state index is 12.2. The second kappa shape index (κ2) is 9.56. The highest BCUT2D eigenvalue weighted by molar-refractivity contribution is 5.77. The van der Waals surface area contributed by atoms with Gasteiger partial charge in [0.2, 0.25) is 11.8 Å². The number of carbonyl (C=O) groups is 2. The predicted octanol–water partition coefficient (Wildman–Crippen LogP) is 2.44. The average molecular weight is 345 g/mol. The molecular weight excluding hydrogens is 314 g/mol. The van der Waals surface area contributed by atoms with Gasteiger partial charge in [-0.3, -0.25) is 14.5 Å². The number of hydrogen-bond donors (Lipinski definition) is 1. The van der Waals surface area contributed by atoms with Gasteiger partial charge in [-0.2, -0.15) is 0 Å². The maximum Gasteiger partial charge on any atom is 0.222 e. The summed E-state index contributed by atoms with van der Waals surface area (Å²) in [6.07, 6.45) is 1.12. The Morgan fingerprint density at radius 2 is 1.68 bits per heavy atom. The van der Waals surface area contributed by atoms with Crippen molar-refractivity contribution in [3.63, 3.8) is 0 Å². The molecule has 1 fully saturated rings. The summed E-state index contributed by atoms with van der Waals surface area (Å²) < 4.78 is 0. The lowest BCUT2D eigenvalue weighted by Crippen LogP contribution is -2.49. The molecule has 2 rings (SSSR count). The third-order valence-corrected chi connectivity index (χ3v) is 4.64. The molecule has 1 unspecified atom stereocenters. The first-order chi connectivity index (χ1) is 12.0. The third-order valence-electron chi connectivity index (χ3n) is 4.64. The molecule has 1 heterocycles. The Morgan fingerprint density at radius 3 is 2.28 bits per heavy atom. The van der Waals surface area contributed by atoms with E-state index >= 15 is 0 Å². The van der Waals surface area contributed by atoms with Gasteiger partial charge in [0.25, 0.3) is 0 Å². The fraction of sp³-hybridized carbons (Fsp3) is 0.600. The van der Waals surface area contributed by atoms with E-state index in [1.165, 1.54) is 0 Å². The number of nitrogens with zero attached hydrogens (tertiary/aromatic N) is 2. The molecule has 0 radical (unpaired) electrons. The van der Waals surface area contributed by atoms with Crippen LogP contribution in [0.15, 0.2) is 30.3 Å². The van der Waals surface area contributed by atoms with E-state index in [1.54, 1.807) is 0 Å². The van der Waals surface area contributed by atoms with Crippen LogP contribution < -0.4 is 5.32 Å². The van der Waals surface area contributed by atoms with Crippen molar-refractivity contribution in [2.75, 3.05) is 32.7 Å². The number of piperazine rings is 1. The number of carbonyl (C=O) groups excluding carboxylic acids is 2. The fourth-order valence-corrected chi connectivity index (χ4v) is 3.10. The highest BCUT2D eigenvalue weighted by Gasteiger charge is 2.21. The molecule has 0 aliphatic carbocycles. The smallest absolute Gasteiger partial charge is 0.222 e. The zero-order valence-corrected chi connectivity index (χ0v) is 15.7. The van der Waals surface area contributed by atoms with E-state index in [0.717, 1.165) is 38.3 Å². The summed E-state index contributed by atoms with van der Waals surface area (Å²) in [5.74, 6) is 0.736. The molecular formula is C20H31N3O2. The van der Waals surface area contributed by atoms with Crippen molar-refractivity contribution >= 4 is 11.8 Å². The van der Waals surface area contributed by atoms with Crippen LogP contribution in [0, 0.1) is 5.92 Å². The van der Waals surface area contributed by atoms with Crippen molar-refractivity contribution in [2.45, 2.75) is 39.7 Å². The van der Waals surface area contributed by atoms with E-state index in [4.69, 9.17) is 0 Å². The molecule has 1 atom stereocenters. The molecule has 1 aromatic carbocycles. The summed E-state index contributed by atoms with van der Waals surface area (Å²) in [5.41, 5.74) is 1.12. The van der Waals surface area contributed by atoms with Crippen LogP contribution in [0.1, 0.15) is 45.2 Å². The lowest BCUT2D eigenvalue weighted by atomic mass is 10.1. The highest BCUT2D eigenvalue weighted by atomic mass is 16.2. The van der Waals surface area contributed by atoms with Crippen LogP contribution >= 0.6 is 0 Å². The van der Waals surface area contributed by atoms with E-state index in [0.29, 0.717) is 18.8 Å². The molecule has 0 spiro atoms. The van der Waals surface area contributed by atoms with Crippen LogP contribution in [-0.2, 0) is 9.59 Å². The van der Waals surface area contributed by atoms with Crippen molar-refractivity contribution in [2.24, 2.45) is 5.92 Å². The Bertz CT molecular complexity index is 551. The Morgan fingerprint density at radius 1 is 1.04 bits per heavy atom. The van der Waals surface area contributed by atoms with Crippen molar-refractivity contribution in [1.82, 2.24) is 15.1 Å². The monoisotopic (exact) mass is 345 g/mol. The molecule has 0 bridgehead atoms. The molecule has 0 saturated carbocycles. The molecule has 0 aromatic heterocycles. The van der Waals surface area contributed by atoms with Gasteiger partial charge in [-0.25, -0.2) is 0 Å². The second-order valence-electron chi connectivity index (χ2n) is 7.27. The van der Waals surface area contributed by atoms with Gasteiger partial charge in [0.15, 0.2) is 0 Å². The summed E-state index contributed by atoms with van der Waals surface area (Å²) in [4.78, 5) is 28.5. The van der Waals surface area contributed by atoms with Gasteiger partial charge in [-0.05, 0) is 18.4 Å². The zero-order valence-electron chi connectivity index (χ0n) is 15.7. The highest BCUT2D eigenvalue weighted by Crippen LogP contribution is 2.12. The summed E-state index contributed by atoms with van der Waals surface area (Å²) in [6.45, 7) is 10.1. The molecule has 1 aromatic rings. The standard InChI is InChI=1S/C20H31N3O2/c1-16(2)15-20(25)23-13-11-22(12-14-23)10-9-19(24)21-17(3)18-7-5-4-6-8-18/h4-8,16-17H,9-15H2,1-3H3,(H,21,24). The third kappa shape index (κ3) is 6.50. The van der Waals surface area contributed by atoms with Gasteiger partial charge in [0.1, 0.15) is 0 Å². The van der Waals surface area contributed by atoms with Gasteiger partial charge < -0.3 is 10.2 Å². The lowest BCUT2D eigenvalue weighted by molar-refractivity contribution is -0.134. The van der Waals surface area contributed by atoms with Crippen LogP contribution in [0.25, 0.3) is 0 Å². The van der Waals surface area contributed by atoms with Crippen molar-refractivity contribution in [1.29, 1.82) is 0 Å². The minimum atomic E-state index is 0.0270. The topological polar surface area (TPSA) is 52.7 Å². The van der Waals surface area contributed by atoms with Gasteiger partial charge in [-0.1, -0.05) is 44.2 Å². The molecule has 5 nitrogen and oxygen atoms in total. The molecule has 1 aliphatic rings. The number of hydrogen-bond acceptors (Lipinski definition) is 3. The summed E-state index contributed by atoms with van der Waals surface area (Å²) >= 11 is 0. The van der Waals surface area contributed by atoms with Crippen molar-refractivity contribution in [3.8, 4) is 0 Å². The van der Waals surface area contributed by atoms with E-state index < -0.39 is 0 Å². The normalized spacial score (nSPS) is 16.7. The minimum absolute atomic E-state index is 0.0270. The molecule has 5 heteroatoms. The number of rotatable bonds is 7. The van der Waals surface area contributed by atoms with Crippen LogP contribution in [0.5, 0.6) is 0 Å². The Labute approximate surface area is 151 Å². The van der Waals surface area contributed by atoms with Crippen molar-refractivity contribution in [3.05, 3.63) is 35.9 Å². The first-order valence-corrected chi connectivity index (χ1v) is 9.30. The summed E-state index contributed by atoms with van der Waals surface area (Å²) in [5, 5.41) is 3.05. The SMILES string of the molecule is CC(C)CC(=O)N1CCN(CCC(=O)NC(C)c2ccccc2)CC1. The van der Waals surface area contributed by atoms with Gasteiger partial charge >= 0.3 is 0 Å². The molecule has 1 saturated heterocycles. The Kier molecular flexibility index (Phi) is 7.44. The van der Waals surface area contributed by atoms with Gasteiger partial charge in [-0.15, -0.1) is 0 Å². The number of benzene rings is 1.